The minimum absolute atomic E-state index is 0.000278. The molecule has 0 aromatic carbocycles. The maximum Gasteiger partial charge on any atom is 0.293 e. The molecule has 1 atom stereocenters. The molecule has 1 aromatic heterocycles. The van der Waals surface area contributed by atoms with E-state index in [-0.39, 0.29) is 11.6 Å². The minimum atomic E-state index is 0.000278. The highest BCUT2D eigenvalue weighted by Crippen LogP contribution is 2.13. The molecule has 0 unspecified atom stereocenters. The Morgan fingerprint density at radius 1 is 1.56 bits per heavy atom. The number of nitrogens with zero attached hydrogens (tertiary/aromatic N) is 3. The number of nitrogens with two attached hydrogens (primary N) is 1. The fourth-order valence-corrected chi connectivity index (χ4v) is 2.39. The third kappa shape index (κ3) is 2.90. The quantitative estimate of drug-likeness (QED) is 0.863. The summed E-state index contributed by atoms with van der Waals surface area (Å²) < 4.78 is 1.74. The highest BCUT2D eigenvalue weighted by atomic mass is 16.1. The first-order valence-electron chi connectivity index (χ1n) is 6.64. The Labute approximate surface area is 108 Å². The summed E-state index contributed by atoms with van der Waals surface area (Å²) in [5.41, 5.74) is 5.95. The molecule has 0 radical (unpaired) electrons. The molecular weight excluding hydrogens is 228 g/mol. The van der Waals surface area contributed by atoms with Gasteiger partial charge in [-0.25, -0.2) is 4.98 Å². The predicted molar refractivity (Wildman–Crippen MR) is 72.8 cm³/mol. The lowest BCUT2D eigenvalue weighted by Gasteiger charge is -2.31. The highest BCUT2D eigenvalue weighted by molar-refractivity contribution is 5.36. The van der Waals surface area contributed by atoms with Gasteiger partial charge < -0.3 is 15.2 Å². The van der Waals surface area contributed by atoms with E-state index in [2.05, 4.69) is 18.8 Å². The van der Waals surface area contributed by atoms with Crippen molar-refractivity contribution in [3.63, 3.8) is 0 Å². The second-order valence-corrected chi connectivity index (χ2v) is 5.45. The lowest BCUT2D eigenvalue weighted by atomic mass is 10.1. The molecule has 5 heteroatoms. The molecule has 2 heterocycles. The summed E-state index contributed by atoms with van der Waals surface area (Å²) in [5.74, 6) is 0.995. The Morgan fingerprint density at radius 3 is 3.00 bits per heavy atom. The summed E-state index contributed by atoms with van der Waals surface area (Å²) in [4.78, 5) is 18.6. The van der Waals surface area contributed by atoms with Crippen molar-refractivity contribution in [3.05, 3.63) is 22.7 Å². The standard InChI is InChI=1S/C13H22N4O/c1-10(2)8-17-7-5-15-12(13(17)18)16-6-3-4-11(14)9-16/h5,7,10-11H,3-4,6,8-9,14H2,1-2H3/t11-/m1/s1. The molecule has 0 bridgehead atoms. The van der Waals surface area contributed by atoms with Crippen molar-refractivity contribution in [2.24, 2.45) is 11.7 Å². The van der Waals surface area contributed by atoms with E-state index in [1.165, 1.54) is 0 Å². The van der Waals surface area contributed by atoms with Gasteiger partial charge in [-0.2, -0.15) is 0 Å². The van der Waals surface area contributed by atoms with Crippen LogP contribution < -0.4 is 16.2 Å². The first kappa shape index (κ1) is 13.1. The van der Waals surface area contributed by atoms with Crippen LogP contribution in [0.5, 0.6) is 0 Å². The van der Waals surface area contributed by atoms with Crippen molar-refractivity contribution in [1.29, 1.82) is 0 Å². The van der Waals surface area contributed by atoms with Crippen molar-refractivity contribution in [3.8, 4) is 0 Å². The number of rotatable bonds is 3. The number of piperidine rings is 1. The third-order valence-electron chi connectivity index (χ3n) is 3.21. The van der Waals surface area contributed by atoms with Gasteiger partial charge in [0.15, 0.2) is 5.82 Å². The Morgan fingerprint density at radius 2 is 2.33 bits per heavy atom. The summed E-state index contributed by atoms with van der Waals surface area (Å²) in [7, 11) is 0. The summed E-state index contributed by atoms with van der Waals surface area (Å²) in [6.07, 6.45) is 5.53. The van der Waals surface area contributed by atoms with Gasteiger partial charge in [0.05, 0.1) is 0 Å². The lowest BCUT2D eigenvalue weighted by Crippen LogP contribution is -2.45. The zero-order valence-electron chi connectivity index (χ0n) is 11.2. The van der Waals surface area contributed by atoms with E-state index in [0.29, 0.717) is 11.7 Å². The summed E-state index contributed by atoms with van der Waals surface area (Å²) >= 11 is 0. The van der Waals surface area contributed by atoms with Crippen LogP contribution in [0, 0.1) is 5.92 Å². The van der Waals surface area contributed by atoms with Crippen molar-refractivity contribution >= 4 is 5.82 Å². The first-order valence-corrected chi connectivity index (χ1v) is 6.64. The molecule has 100 valence electrons. The van der Waals surface area contributed by atoms with Crippen LogP contribution in [0.15, 0.2) is 17.2 Å². The molecule has 0 spiro atoms. The molecule has 1 aliphatic heterocycles. The highest BCUT2D eigenvalue weighted by Gasteiger charge is 2.20. The van der Waals surface area contributed by atoms with Crippen LogP contribution in [-0.2, 0) is 6.54 Å². The molecule has 1 aliphatic rings. The van der Waals surface area contributed by atoms with Crippen LogP contribution in [0.4, 0.5) is 5.82 Å². The smallest absolute Gasteiger partial charge is 0.293 e. The summed E-state index contributed by atoms with van der Waals surface area (Å²) in [5, 5.41) is 0. The van der Waals surface area contributed by atoms with Crippen LogP contribution in [0.1, 0.15) is 26.7 Å². The fraction of sp³-hybridized carbons (Fsp3) is 0.692. The molecule has 2 rings (SSSR count). The molecule has 1 saturated heterocycles. The van der Waals surface area contributed by atoms with E-state index >= 15 is 0 Å². The van der Waals surface area contributed by atoms with Crippen LogP contribution in [-0.4, -0.2) is 28.7 Å². The van der Waals surface area contributed by atoms with E-state index in [1.807, 2.05) is 4.90 Å². The Balaban J connectivity index is 2.25. The number of anilines is 1. The maximum atomic E-state index is 12.3. The van der Waals surface area contributed by atoms with Crippen molar-refractivity contribution < 1.29 is 0 Å². The number of aromatic nitrogens is 2. The molecule has 1 fully saturated rings. The normalized spacial score (nSPS) is 20.4. The summed E-state index contributed by atoms with van der Waals surface area (Å²) in [6, 6.07) is 0.152. The average molecular weight is 250 g/mol. The van der Waals surface area contributed by atoms with Gasteiger partial charge in [0, 0.05) is 38.1 Å². The van der Waals surface area contributed by atoms with E-state index in [4.69, 9.17) is 5.73 Å². The maximum absolute atomic E-state index is 12.3. The number of hydrogen-bond acceptors (Lipinski definition) is 4. The fourth-order valence-electron chi connectivity index (χ4n) is 2.39. The van der Waals surface area contributed by atoms with Crippen LogP contribution in [0.25, 0.3) is 0 Å². The van der Waals surface area contributed by atoms with Crippen LogP contribution in [0.2, 0.25) is 0 Å². The molecule has 5 nitrogen and oxygen atoms in total. The van der Waals surface area contributed by atoms with Gasteiger partial charge in [-0.15, -0.1) is 0 Å². The van der Waals surface area contributed by atoms with Gasteiger partial charge >= 0.3 is 0 Å². The lowest BCUT2D eigenvalue weighted by molar-refractivity contribution is 0.488. The zero-order chi connectivity index (χ0) is 13.1. The number of hydrogen-bond donors (Lipinski definition) is 1. The first-order chi connectivity index (χ1) is 8.58. The van der Waals surface area contributed by atoms with Gasteiger partial charge in [0.25, 0.3) is 5.56 Å². The summed E-state index contributed by atoms with van der Waals surface area (Å²) in [6.45, 7) is 6.54. The van der Waals surface area contributed by atoms with E-state index in [9.17, 15) is 4.79 Å². The van der Waals surface area contributed by atoms with Crippen molar-refractivity contribution in [2.75, 3.05) is 18.0 Å². The van der Waals surface area contributed by atoms with Crippen LogP contribution >= 0.6 is 0 Å². The molecule has 0 aliphatic carbocycles. The molecule has 1 aromatic rings. The Hall–Kier alpha value is -1.36. The topological polar surface area (TPSA) is 64.2 Å². The Bertz CT molecular complexity index is 455. The second-order valence-electron chi connectivity index (χ2n) is 5.45. The molecular formula is C13H22N4O. The minimum Gasteiger partial charge on any atom is -0.350 e. The molecule has 0 saturated carbocycles. The van der Waals surface area contributed by atoms with E-state index in [0.717, 1.165) is 32.5 Å². The molecule has 2 N–H and O–H groups in total. The van der Waals surface area contributed by atoms with Gasteiger partial charge in [-0.1, -0.05) is 13.8 Å². The average Bonchev–Trinajstić information content (AvgIpc) is 2.31. The van der Waals surface area contributed by atoms with Crippen molar-refractivity contribution in [2.45, 2.75) is 39.3 Å². The molecule has 0 amide bonds. The largest absolute Gasteiger partial charge is 0.350 e. The SMILES string of the molecule is CC(C)Cn1ccnc(N2CCC[C@@H](N)C2)c1=O. The van der Waals surface area contributed by atoms with Gasteiger partial charge in [0.1, 0.15) is 0 Å². The Kier molecular flexibility index (Phi) is 4.01. The van der Waals surface area contributed by atoms with Gasteiger partial charge in [0.2, 0.25) is 0 Å². The zero-order valence-corrected chi connectivity index (χ0v) is 11.2. The monoisotopic (exact) mass is 250 g/mol. The predicted octanol–water partition coefficient (Wildman–Crippen LogP) is 0.827. The second kappa shape index (κ2) is 5.52. The van der Waals surface area contributed by atoms with Crippen molar-refractivity contribution in [1.82, 2.24) is 9.55 Å². The van der Waals surface area contributed by atoms with Gasteiger partial charge in [-0.3, -0.25) is 4.79 Å². The third-order valence-corrected chi connectivity index (χ3v) is 3.21. The van der Waals surface area contributed by atoms with Gasteiger partial charge in [-0.05, 0) is 18.8 Å². The van der Waals surface area contributed by atoms with E-state index < -0.39 is 0 Å². The van der Waals surface area contributed by atoms with Crippen LogP contribution in [0.3, 0.4) is 0 Å². The molecule has 18 heavy (non-hydrogen) atoms. The van der Waals surface area contributed by atoms with E-state index in [1.54, 1.807) is 17.0 Å².